The van der Waals surface area contributed by atoms with E-state index in [1.165, 1.54) is 13.2 Å². The first-order valence-electron chi connectivity index (χ1n) is 5.88. The van der Waals surface area contributed by atoms with Gasteiger partial charge < -0.3 is 14.3 Å². The minimum Gasteiger partial charge on any atom is -0.504 e. The number of carbonyl (C=O) groups is 1. The SMILES string of the molecule is COc1cc2c(=O)c3ccccc3oc2c(C=O)c1O. The first-order valence-corrected chi connectivity index (χ1v) is 5.88. The molecule has 1 aromatic heterocycles. The van der Waals surface area contributed by atoms with Crippen LogP contribution in [0.5, 0.6) is 11.5 Å². The van der Waals surface area contributed by atoms with Gasteiger partial charge in [0.05, 0.1) is 17.9 Å². The molecular formula is C15H10O5. The topological polar surface area (TPSA) is 76.7 Å². The number of aldehydes is 1. The van der Waals surface area contributed by atoms with Crippen molar-refractivity contribution >= 4 is 28.2 Å². The Hall–Kier alpha value is -2.82. The maximum absolute atomic E-state index is 12.4. The average molecular weight is 270 g/mol. The van der Waals surface area contributed by atoms with Crippen molar-refractivity contribution in [3.8, 4) is 11.5 Å². The maximum atomic E-state index is 12.4. The van der Waals surface area contributed by atoms with Crippen molar-refractivity contribution in [1.29, 1.82) is 0 Å². The van der Waals surface area contributed by atoms with Gasteiger partial charge in [-0.15, -0.1) is 0 Å². The van der Waals surface area contributed by atoms with Crippen LogP contribution in [0.15, 0.2) is 39.5 Å². The summed E-state index contributed by atoms with van der Waals surface area (Å²) in [6.45, 7) is 0. The lowest BCUT2D eigenvalue weighted by Crippen LogP contribution is -2.04. The molecule has 0 aliphatic carbocycles. The molecule has 0 saturated carbocycles. The van der Waals surface area contributed by atoms with Gasteiger partial charge in [0, 0.05) is 0 Å². The highest BCUT2D eigenvalue weighted by atomic mass is 16.5. The van der Waals surface area contributed by atoms with Crippen molar-refractivity contribution < 1.29 is 19.1 Å². The van der Waals surface area contributed by atoms with Crippen LogP contribution >= 0.6 is 0 Å². The van der Waals surface area contributed by atoms with Gasteiger partial charge in [0.2, 0.25) is 5.43 Å². The fourth-order valence-electron chi connectivity index (χ4n) is 2.19. The summed E-state index contributed by atoms with van der Waals surface area (Å²) >= 11 is 0. The Balaban J connectivity index is 2.61. The van der Waals surface area contributed by atoms with Crippen molar-refractivity contribution in [1.82, 2.24) is 0 Å². The van der Waals surface area contributed by atoms with Crippen LogP contribution in [0.1, 0.15) is 10.4 Å². The number of phenols is 1. The number of fused-ring (bicyclic) bond motifs is 2. The normalized spacial score (nSPS) is 10.8. The molecule has 0 aliphatic rings. The van der Waals surface area contributed by atoms with Crippen LogP contribution in [0.2, 0.25) is 0 Å². The molecule has 0 radical (unpaired) electrons. The van der Waals surface area contributed by atoms with Crippen LogP contribution < -0.4 is 10.2 Å². The Bertz CT molecular complexity index is 892. The molecule has 20 heavy (non-hydrogen) atoms. The summed E-state index contributed by atoms with van der Waals surface area (Å²) in [6, 6.07) is 8.09. The minimum absolute atomic E-state index is 0.0574. The zero-order chi connectivity index (χ0) is 14.3. The summed E-state index contributed by atoms with van der Waals surface area (Å²) in [7, 11) is 1.35. The van der Waals surface area contributed by atoms with Crippen LogP contribution in [-0.4, -0.2) is 18.5 Å². The molecule has 1 heterocycles. The third kappa shape index (κ3) is 1.56. The highest BCUT2D eigenvalue weighted by molar-refractivity contribution is 6.02. The van der Waals surface area contributed by atoms with Crippen molar-refractivity contribution in [2.24, 2.45) is 0 Å². The molecule has 1 N–H and O–H groups in total. The van der Waals surface area contributed by atoms with Crippen LogP contribution in [-0.2, 0) is 0 Å². The average Bonchev–Trinajstić information content (AvgIpc) is 2.47. The van der Waals surface area contributed by atoms with Crippen molar-refractivity contribution in [2.75, 3.05) is 7.11 Å². The molecule has 0 aliphatic heterocycles. The van der Waals surface area contributed by atoms with Gasteiger partial charge in [0.1, 0.15) is 11.1 Å². The van der Waals surface area contributed by atoms with Crippen LogP contribution in [0.4, 0.5) is 0 Å². The molecule has 0 saturated heterocycles. The highest BCUT2D eigenvalue weighted by Crippen LogP contribution is 2.35. The van der Waals surface area contributed by atoms with E-state index in [-0.39, 0.29) is 33.5 Å². The van der Waals surface area contributed by atoms with E-state index >= 15 is 0 Å². The van der Waals surface area contributed by atoms with Crippen molar-refractivity contribution in [3.05, 3.63) is 46.1 Å². The van der Waals surface area contributed by atoms with Crippen LogP contribution in [0.3, 0.4) is 0 Å². The fraction of sp³-hybridized carbons (Fsp3) is 0.0667. The molecule has 3 aromatic rings. The number of ether oxygens (including phenoxy) is 1. The summed E-state index contributed by atoms with van der Waals surface area (Å²) in [4.78, 5) is 23.6. The van der Waals surface area contributed by atoms with E-state index in [2.05, 4.69) is 0 Å². The molecule has 0 atom stereocenters. The number of phenolic OH excluding ortho intramolecular Hbond substituents is 1. The lowest BCUT2D eigenvalue weighted by Gasteiger charge is -2.09. The molecule has 0 spiro atoms. The maximum Gasteiger partial charge on any atom is 0.200 e. The Morgan fingerprint density at radius 3 is 2.70 bits per heavy atom. The van der Waals surface area contributed by atoms with Gasteiger partial charge in [-0.2, -0.15) is 0 Å². The zero-order valence-electron chi connectivity index (χ0n) is 10.5. The van der Waals surface area contributed by atoms with E-state index in [1.54, 1.807) is 24.3 Å². The van der Waals surface area contributed by atoms with E-state index < -0.39 is 0 Å². The van der Waals surface area contributed by atoms with Gasteiger partial charge in [0.25, 0.3) is 0 Å². The number of hydrogen-bond acceptors (Lipinski definition) is 5. The summed E-state index contributed by atoms with van der Waals surface area (Å²) in [5, 5.41) is 10.5. The molecule has 0 unspecified atom stereocenters. The van der Waals surface area contributed by atoms with Crippen LogP contribution in [0, 0.1) is 0 Å². The molecular weight excluding hydrogens is 260 g/mol. The Morgan fingerprint density at radius 1 is 1.25 bits per heavy atom. The predicted octanol–water partition coefficient (Wildman–Crippen LogP) is 2.47. The molecule has 2 aromatic carbocycles. The van der Waals surface area contributed by atoms with Gasteiger partial charge >= 0.3 is 0 Å². The van der Waals surface area contributed by atoms with Gasteiger partial charge in [-0.3, -0.25) is 9.59 Å². The quantitative estimate of drug-likeness (QED) is 0.571. The number of aromatic hydroxyl groups is 1. The van der Waals surface area contributed by atoms with Gasteiger partial charge in [-0.05, 0) is 18.2 Å². The first-order chi connectivity index (χ1) is 9.67. The number of hydrogen-bond donors (Lipinski definition) is 1. The van der Waals surface area contributed by atoms with Gasteiger partial charge in [-0.25, -0.2) is 0 Å². The Kier molecular flexibility index (Phi) is 2.68. The molecule has 5 nitrogen and oxygen atoms in total. The lowest BCUT2D eigenvalue weighted by atomic mass is 10.1. The summed E-state index contributed by atoms with van der Waals surface area (Å²) in [6.07, 6.45) is 0.442. The van der Waals surface area contributed by atoms with E-state index in [0.717, 1.165) is 0 Å². The minimum atomic E-state index is -0.339. The summed E-state index contributed by atoms with van der Waals surface area (Å²) in [5.74, 6) is -0.282. The number of para-hydroxylation sites is 1. The number of rotatable bonds is 2. The Labute approximate surface area is 113 Å². The van der Waals surface area contributed by atoms with Crippen molar-refractivity contribution in [2.45, 2.75) is 0 Å². The number of carbonyl (C=O) groups excluding carboxylic acids is 1. The first kappa shape index (κ1) is 12.2. The van der Waals surface area contributed by atoms with Gasteiger partial charge in [-0.1, -0.05) is 12.1 Å². The van der Waals surface area contributed by atoms with E-state index in [0.29, 0.717) is 17.3 Å². The smallest absolute Gasteiger partial charge is 0.200 e. The second-order valence-corrected chi connectivity index (χ2v) is 4.26. The number of methoxy groups -OCH3 is 1. The second kappa shape index (κ2) is 4.38. The molecule has 0 fully saturated rings. The molecule has 0 bridgehead atoms. The van der Waals surface area contributed by atoms with E-state index in [9.17, 15) is 14.7 Å². The van der Waals surface area contributed by atoms with Gasteiger partial charge in [0.15, 0.2) is 23.4 Å². The fourth-order valence-corrected chi connectivity index (χ4v) is 2.19. The summed E-state index contributed by atoms with van der Waals surface area (Å²) in [5.41, 5.74) is 0.0464. The van der Waals surface area contributed by atoms with E-state index in [1.807, 2.05) is 0 Å². The summed E-state index contributed by atoms with van der Waals surface area (Å²) < 4.78 is 10.6. The molecule has 5 heteroatoms. The lowest BCUT2D eigenvalue weighted by molar-refractivity contribution is 0.112. The molecule has 100 valence electrons. The van der Waals surface area contributed by atoms with E-state index in [4.69, 9.17) is 9.15 Å². The number of benzene rings is 2. The second-order valence-electron chi connectivity index (χ2n) is 4.26. The monoisotopic (exact) mass is 270 g/mol. The standard InChI is InChI=1S/C15H10O5/c1-19-12-6-9-13(17)8-4-2-3-5-11(8)20-15(9)10(7-16)14(12)18/h2-7,18H,1H3. The molecule has 3 rings (SSSR count). The molecule has 0 amide bonds. The largest absolute Gasteiger partial charge is 0.504 e. The Morgan fingerprint density at radius 2 is 2.00 bits per heavy atom. The third-order valence-electron chi connectivity index (χ3n) is 3.18. The van der Waals surface area contributed by atoms with Crippen molar-refractivity contribution in [3.63, 3.8) is 0 Å². The zero-order valence-corrected chi connectivity index (χ0v) is 10.5. The third-order valence-corrected chi connectivity index (χ3v) is 3.18. The highest BCUT2D eigenvalue weighted by Gasteiger charge is 2.18. The predicted molar refractivity (Wildman–Crippen MR) is 73.6 cm³/mol. The van der Waals surface area contributed by atoms with Crippen LogP contribution in [0.25, 0.3) is 21.9 Å².